The van der Waals surface area contributed by atoms with Crippen LogP contribution in [0.1, 0.15) is 92.7 Å². The van der Waals surface area contributed by atoms with Crippen molar-refractivity contribution in [2.24, 2.45) is 0 Å². The molecule has 0 radical (unpaired) electrons. The summed E-state index contributed by atoms with van der Waals surface area (Å²) in [6.07, 6.45) is -11.0. The molecule has 12 heterocycles. The summed E-state index contributed by atoms with van der Waals surface area (Å²) in [5.41, 5.74) is 11.9. The van der Waals surface area contributed by atoms with Crippen LogP contribution in [0.2, 0.25) is 15.1 Å². The second-order valence-corrected chi connectivity index (χ2v) is 34.9. The minimum absolute atomic E-state index is 0.00713. The lowest BCUT2D eigenvalue weighted by Crippen LogP contribution is -2.53. The van der Waals surface area contributed by atoms with Crippen molar-refractivity contribution >= 4 is 126 Å². The molecule has 6 N–H and O–H groups in total. The average molecular weight is 1940 g/mol. The van der Waals surface area contributed by atoms with Gasteiger partial charge in [-0.2, -0.15) is 69.4 Å². The topological polar surface area (TPSA) is 319 Å². The largest absolute Gasteiger partial charge is 0.462 e. The Bertz CT molecular complexity index is 5810. The van der Waals surface area contributed by atoms with Crippen LogP contribution in [0, 0.1) is 26.6 Å². The number of carbonyl (C=O) groups is 4. The zero-order valence-electron chi connectivity index (χ0n) is 74.0. The van der Waals surface area contributed by atoms with Gasteiger partial charge in [-0.15, -0.1) is 0 Å². The van der Waals surface area contributed by atoms with Gasteiger partial charge in [0.05, 0.1) is 71.5 Å². The third-order valence-electron chi connectivity index (χ3n) is 24.4. The first-order valence-corrected chi connectivity index (χ1v) is 43.8. The summed E-state index contributed by atoms with van der Waals surface area (Å²) in [5, 5.41) is 0.641. The number of halogens is 17. The molecule has 6 atom stereocenters. The number of allylic oxidation sites excluding steroid dienone is 2. The molecular weight excluding hydrogens is 1850 g/mol. The third-order valence-corrected chi connectivity index (χ3v) is 25.3. The van der Waals surface area contributed by atoms with Crippen molar-refractivity contribution in [3.05, 3.63) is 140 Å². The Morgan fingerprint density at radius 3 is 1.19 bits per heavy atom. The molecule has 134 heavy (non-hydrogen) atoms. The Hall–Kier alpha value is -11.8. The van der Waals surface area contributed by atoms with Gasteiger partial charge in [-0.05, 0) is 184 Å². The van der Waals surface area contributed by atoms with Gasteiger partial charge in [0.25, 0.3) is 12.9 Å². The predicted molar refractivity (Wildman–Crippen MR) is 480 cm³/mol. The number of alkyl halides is 13. The van der Waals surface area contributed by atoms with Crippen LogP contribution in [-0.2, 0) is 37.7 Å². The van der Waals surface area contributed by atoms with E-state index in [0.717, 1.165) is 69.1 Å². The van der Waals surface area contributed by atoms with E-state index < -0.39 is 88.3 Å². The van der Waals surface area contributed by atoms with E-state index in [1.54, 1.807) is 16.8 Å². The number of nitrogens with two attached hydrogens (primary N) is 3. The lowest BCUT2D eigenvalue weighted by molar-refractivity contribution is -0.138. The number of aromatic nitrogens is 9. The summed E-state index contributed by atoms with van der Waals surface area (Å²) >= 11 is 19.8. The van der Waals surface area contributed by atoms with Gasteiger partial charge in [0.2, 0.25) is 23.6 Å². The van der Waals surface area contributed by atoms with Crippen LogP contribution >= 0.6 is 34.8 Å². The molecule has 6 aromatic heterocycles. The monoisotopic (exact) mass is 1940 g/mol. The molecule has 6 saturated heterocycles. The molecule has 28 nitrogen and oxygen atoms in total. The summed E-state index contributed by atoms with van der Waals surface area (Å²) in [7, 11) is 5.65. The molecule has 0 saturated carbocycles. The number of piperazine rings is 3. The van der Waals surface area contributed by atoms with Crippen LogP contribution in [0.15, 0.2) is 85.5 Å². The van der Waals surface area contributed by atoms with Crippen molar-refractivity contribution in [3.8, 4) is 51.8 Å². The highest BCUT2D eigenvalue weighted by Gasteiger charge is 2.44. The molecule has 0 aliphatic carbocycles. The van der Waals surface area contributed by atoms with Crippen LogP contribution in [0.3, 0.4) is 0 Å². The van der Waals surface area contributed by atoms with Gasteiger partial charge in [0, 0.05) is 142 Å². The lowest BCUT2D eigenvalue weighted by atomic mass is 9.99. The first-order valence-electron chi connectivity index (χ1n) is 42.7. The number of aryl methyl sites for hydroxylation is 3. The Balaban J connectivity index is 0.000000170. The first-order chi connectivity index (χ1) is 63.1. The Labute approximate surface area is 775 Å². The number of amides is 4. The fourth-order valence-electron chi connectivity index (χ4n) is 17.6. The van der Waals surface area contributed by atoms with Crippen molar-refractivity contribution in [1.82, 2.24) is 74.3 Å². The second-order valence-electron chi connectivity index (χ2n) is 33.6. The van der Waals surface area contributed by atoms with Crippen molar-refractivity contribution in [2.45, 2.75) is 148 Å². The zero-order chi connectivity index (χ0) is 97.3. The smallest absolute Gasteiger partial charge is 0.418 e. The molecule has 9 aromatic rings. The van der Waals surface area contributed by atoms with E-state index in [9.17, 15) is 76.3 Å². The standard InChI is InChI=1S/2C30H33ClF5N7O2.C29H30ClF4N7O3/c2*1-16-11-24(37)39-27(26(16)30(34,35)36)19-13-22-20(12-21(19)31)28(40-29(38-22)45-15-18-5-4-8-41(18)3)43-10-9-42(14-17(43)2)25(44)7-6-23(32)33;1-5-20(42)40-8-9-41(15(3)12-40)27-17-11-18(30)22(26-23(29(32,33)34)14(2)10-19(35)36-26)24(31)25(17)37-28(38-27)44-13-16-6-7-21(43)39(16)4/h2*6-7,11-13,17-18,23H,4-5,8-10,14-15H2,1-3H3,(H2,37,39);5,10-11,15-16H,1,6-9,12-13H2,2-4H3,(H2,35,36)/b2*7-6+;/t17-,18-;;15-,16-/m0.0/s1. The van der Waals surface area contributed by atoms with Gasteiger partial charge in [-0.25, -0.2) is 36.9 Å². The van der Waals surface area contributed by atoms with E-state index >= 15 is 4.39 Å². The molecule has 6 aliphatic heterocycles. The molecular formula is C89H96Cl3F14N21O7. The van der Waals surface area contributed by atoms with Gasteiger partial charge >= 0.3 is 36.6 Å². The van der Waals surface area contributed by atoms with Crippen molar-refractivity contribution in [2.75, 3.05) is 145 Å². The number of nitrogen functional groups attached to an aromatic ring is 3. The number of likely N-dealkylation sites (N-methyl/N-ethyl adjacent to an activating group) is 3. The number of anilines is 6. The summed E-state index contributed by atoms with van der Waals surface area (Å²) in [5.74, 6) is -1.89. The maximum Gasteiger partial charge on any atom is 0.418 e. The van der Waals surface area contributed by atoms with Gasteiger partial charge in [-0.3, -0.25) is 19.2 Å². The van der Waals surface area contributed by atoms with Gasteiger partial charge in [0.15, 0.2) is 5.82 Å². The number of benzene rings is 3. The molecule has 0 bridgehead atoms. The third kappa shape index (κ3) is 22.2. The van der Waals surface area contributed by atoms with E-state index in [-0.39, 0.29) is 187 Å². The number of likely N-dealkylation sites (tertiary alicyclic amines) is 3. The highest BCUT2D eigenvalue weighted by Crippen LogP contribution is 2.49. The molecule has 3 aromatic carbocycles. The summed E-state index contributed by atoms with van der Waals surface area (Å²) in [6.45, 7) is 17.7. The van der Waals surface area contributed by atoms with Crippen molar-refractivity contribution in [1.29, 1.82) is 0 Å². The fourth-order valence-corrected chi connectivity index (χ4v) is 18.4. The van der Waals surface area contributed by atoms with E-state index in [1.807, 2.05) is 49.6 Å². The number of hydrogen-bond donors (Lipinski definition) is 3. The predicted octanol–water partition coefficient (Wildman–Crippen LogP) is 15.8. The van der Waals surface area contributed by atoms with E-state index in [4.69, 9.17) is 76.2 Å². The van der Waals surface area contributed by atoms with Crippen molar-refractivity contribution in [3.63, 3.8) is 0 Å². The molecule has 718 valence electrons. The van der Waals surface area contributed by atoms with Gasteiger partial charge < -0.3 is 75.5 Å². The number of hydrogen-bond acceptors (Lipinski definition) is 24. The number of pyridine rings is 3. The molecule has 2 unspecified atom stereocenters. The molecule has 4 amide bonds. The van der Waals surface area contributed by atoms with E-state index in [0.29, 0.717) is 93.3 Å². The van der Waals surface area contributed by atoms with Crippen LogP contribution in [-0.4, -0.2) is 260 Å². The molecule has 15 rings (SSSR count). The number of carbonyl (C=O) groups excluding carboxylic acids is 4. The second kappa shape index (κ2) is 40.8. The van der Waals surface area contributed by atoms with Crippen LogP contribution in [0.5, 0.6) is 18.0 Å². The number of ether oxygens (including phenoxy) is 3. The van der Waals surface area contributed by atoms with Crippen LogP contribution in [0.4, 0.5) is 96.4 Å². The molecule has 45 heteroatoms. The molecule has 6 aliphatic rings. The summed E-state index contributed by atoms with van der Waals surface area (Å²) in [6, 6.07) is 9.40. The maximum atomic E-state index is 16.5. The van der Waals surface area contributed by atoms with E-state index in [2.05, 4.69) is 51.3 Å². The van der Waals surface area contributed by atoms with Crippen LogP contribution in [0.25, 0.3) is 66.5 Å². The Morgan fingerprint density at radius 1 is 0.478 bits per heavy atom. The van der Waals surface area contributed by atoms with Crippen LogP contribution < -0.4 is 46.1 Å². The van der Waals surface area contributed by atoms with Gasteiger partial charge in [-0.1, -0.05) is 41.4 Å². The highest BCUT2D eigenvalue weighted by molar-refractivity contribution is 6.35. The fraction of sp³-hybridized carbons (Fsp3) is 0.449. The van der Waals surface area contributed by atoms with E-state index in [1.165, 1.54) is 67.0 Å². The van der Waals surface area contributed by atoms with Crippen molar-refractivity contribution < 1.29 is 94.9 Å². The summed E-state index contributed by atoms with van der Waals surface area (Å²) in [4.78, 5) is 105. The Morgan fingerprint density at radius 2 is 0.836 bits per heavy atom. The minimum Gasteiger partial charge on any atom is -0.462 e. The minimum atomic E-state index is -4.89. The van der Waals surface area contributed by atoms with Gasteiger partial charge in [0.1, 0.15) is 60.2 Å². The molecule has 6 fully saturated rings. The zero-order valence-corrected chi connectivity index (χ0v) is 76.3. The number of rotatable bonds is 20. The number of nitrogens with zero attached hydrogens (tertiary/aromatic N) is 18. The Kier molecular flexibility index (Phi) is 30.4. The SMILES string of the molecule is C=CC(=O)N1CCN(c2nc(OC[C@@H]3CCC(=O)N3C)nc3c(F)c(-c4nc(N)cc(C)c4C(F)(F)F)c(Cl)cc23)[C@@H](C)C1.Cc1cc(N)nc(-c2cc3nc(OCC4CCCN4C)nc(N4CCN(C(=O)/C=C/C(F)F)CC4C)c3cc2Cl)c1C(F)(F)F.Cc1cc(N)nc(-c2cc3nc(OC[C@@H]4CCCN4C)nc(N4CCN(C(=O)/C=C/C(F)F)C[C@@H]4C)c3cc2Cl)c1C(F)(F)F. The quantitative estimate of drug-likeness (QED) is 0.0471. The molecule has 0 spiro atoms. The maximum absolute atomic E-state index is 16.5. The first kappa shape index (κ1) is 99.7. The summed E-state index contributed by atoms with van der Waals surface area (Å²) < 4.78 is 213. The lowest BCUT2D eigenvalue weighted by Gasteiger charge is -2.40. The number of fused-ring (bicyclic) bond motifs is 3. The highest BCUT2D eigenvalue weighted by atomic mass is 35.5. The average Bonchev–Trinajstić information content (AvgIpc) is 0.850. The normalized spacial score (nSPS) is 19.6.